The Kier molecular flexibility index (Phi) is 4.06. The summed E-state index contributed by atoms with van der Waals surface area (Å²) in [6.07, 6.45) is 2.51. The minimum absolute atomic E-state index is 0.0171. The molecule has 1 aliphatic heterocycles. The molecule has 0 saturated heterocycles. The number of pyridine rings is 1. The Morgan fingerprint density at radius 1 is 1.36 bits per heavy atom. The number of carbonyl (C=O) groups is 1. The van der Waals surface area contributed by atoms with E-state index in [-0.39, 0.29) is 18.6 Å². The van der Waals surface area contributed by atoms with E-state index in [1.807, 2.05) is 25.1 Å². The highest BCUT2D eigenvalue weighted by molar-refractivity contribution is 6.10. The summed E-state index contributed by atoms with van der Waals surface area (Å²) in [6, 6.07) is 11.3. The summed E-state index contributed by atoms with van der Waals surface area (Å²) in [6.45, 7) is 2.51. The quantitative estimate of drug-likeness (QED) is 0.907. The predicted octanol–water partition coefficient (Wildman–Crippen LogP) is 2.08. The van der Waals surface area contributed by atoms with Gasteiger partial charge in [0.1, 0.15) is 5.82 Å². The molecular formula is C17H19N3O2. The zero-order valence-electron chi connectivity index (χ0n) is 12.5. The van der Waals surface area contributed by atoms with Crippen LogP contribution >= 0.6 is 0 Å². The maximum Gasteiger partial charge on any atom is 0.262 e. The Balaban J connectivity index is 1.90. The number of anilines is 2. The molecular weight excluding hydrogens is 278 g/mol. The van der Waals surface area contributed by atoms with E-state index in [0.29, 0.717) is 17.9 Å². The van der Waals surface area contributed by atoms with Gasteiger partial charge in [-0.3, -0.25) is 4.79 Å². The van der Waals surface area contributed by atoms with Gasteiger partial charge in [0.15, 0.2) is 0 Å². The van der Waals surface area contributed by atoms with Crippen molar-refractivity contribution in [2.75, 3.05) is 23.4 Å². The van der Waals surface area contributed by atoms with E-state index in [9.17, 15) is 9.90 Å². The molecule has 0 aliphatic carbocycles. The van der Waals surface area contributed by atoms with E-state index in [4.69, 9.17) is 0 Å². The third-order valence-electron chi connectivity index (χ3n) is 3.83. The average molecular weight is 297 g/mol. The van der Waals surface area contributed by atoms with Crippen molar-refractivity contribution in [1.29, 1.82) is 0 Å². The molecule has 0 bridgehead atoms. The summed E-state index contributed by atoms with van der Waals surface area (Å²) in [7, 11) is 0. The van der Waals surface area contributed by atoms with Gasteiger partial charge < -0.3 is 15.3 Å². The van der Waals surface area contributed by atoms with Crippen molar-refractivity contribution < 1.29 is 9.90 Å². The maximum atomic E-state index is 12.9. The molecule has 1 aromatic carbocycles. The first-order valence-corrected chi connectivity index (χ1v) is 7.43. The van der Waals surface area contributed by atoms with Gasteiger partial charge in [-0.15, -0.1) is 0 Å². The van der Waals surface area contributed by atoms with Crippen LogP contribution in [0, 0.1) is 0 Å². The van der Waals surface area contributed by atoms with Crippen LogP contribution in [-0.4, -0.2) is 35.2 Å². The van der Waals surface area contributed by atoms with Crippen LogP contribution in [0.3, 0.4) is 0 Å². The van der Waals surface area contributed by atoms with E-state index >= 15 is 0 Å². The minimum Gasteiger partial charge on any atom is -0.394 e. The number of amides is 1. The van der Waals surface area contributed by atoms with Crippen molar-refractivity contribution in [2.45, 2.75) is 19.4 Å². The molecule has 2 aromatic rings. The summed E-state index contributed by atoms with van der Waals surface area (Å²) >= 11 is 0. The summed E-state index contributed by atoms with van der Waals surface area (Å²) in [5.41, 5.74) is 2.69. The molecule has 0 saturated carbocycles. The van der Waals surface area contributed by atoms with Gasteiger partial charge in [-0.25, -0.2) is 4.98 Å². The van der Waals surface area contributed by atoms with E-state index < -0.39 is 0 Å². The lowest BCUT2D eigenvalue weighted by atomic mass is 10.1. The molecule has 114 valence electrons. The van der Waals surface area contributed by atoms with Gasteiger partial charge in [-0.1, -0.05) is 18.2 Å². The summed E-state index contributed by atoms with van der Waals surface area (Å²) in [4.78, 5) is 18.9. The SMILES string of the molecule is CC(CO)Nc1ncccc1C(=O)N1CCc2ccccc21. The van der Waals surface area contributed by atoms with Crippen LogP contribution in [0.4, 0.5) is 11.5 Å². The van der Waals surface area contributed by atoms with Crippen LogP contribution in [0.2, 0.25) is 0 Å². The van der Waals surface area contributed by atoms with Crippen molar-refractivity contribution in [3.05, 3.63) is 53.7 Å². The number of aliphatic hydroxyl groups is 1. The van der Waals surface area contributed by atoms with Crippen LogP contribution in [0.15, 0.2) is 42.6 Å². The molecule has 0 fully saturated rings. The molecule has 22 heavy (non-hydrogen) atoms. The number of para-hydroxylation sites is 1. The number of rotatable bonds is 4. The molecule has 0 radical (unpaired) electrons. The average Bonchev–Trinajstić information content (AvgIpc) is 2.98. The lowest BCUT2D eigenvalue weighted by molar-refractivity contribution is 0.0989. The molecule has 0 spiro atoms. The second-order valence-corrected chi connectivity index (χ2v) is 5.46. The van der Waals surface area contributed by atoms with Gasteiger partial charge in [-0.2, -0.15) is 0 Å². The van der Waals surface area contributed by atoms with Gasteiger partial charge in [-0.05, 0) is 37.1 Å². The number of hydrogen-bond donors (Lipinski definition) is 2. The number of fused-ring (bicyclic) bond motifs is 1. The first kappa shape index (κ1) is 14.5. The van der Waals surface area contributed by atoms with Crippen molar-refractivity contribution in [1.82, 2.24) is 4.98 Å². The van der Waals surface area contributed by atoms with E-state index in [0.717, 1.165) is 12.1 Å². The van der Waals surface area contributed by atoms with Crippen LogP contribution in [0.1, 0.15) is 22.8 Å². The van der Waals surface area contributed by atoms with Crippen molar-refractivity contribution in [3.63, 3.8) is 0 Å². The zero-order valence-corrected chi connectivity index (χ0v) is 12.5. The maximum absolute atomic E-state index is 12.9. The fourth-order valence-electron chi connectivity index (χ4n) is 2.67. The van der Waals surface area contributed by atoms with Crippen LogP contribution in [0.25, 0.3) is 0 Å². The van der Waals surface area contributed by atoms with Gasteiger partial charge in [0.2, 0.25) is 0 Å². The Hall–Kier alpha value is -2.40. The van der Waals surface area contributed by atoms with Crippen molar-refractivity contribution in [2.24, 2.45) is 0 Å². The minimum atomic E-state index is -0.160. The molecule has 2 heterocycles. The summed E-state index contributed by atoms with van der Waals surface area (Å²) in [5.74, 6) is 0.448. The van der Waals surface area contributed by atoms with Gasteiger partial charge in [0.25, 0.3) is 5.91 Å². The normalized spacial score (nSPS) is 14.5. The Morgan fingerprint density at radius 3 is 3.00 bits per heavy atom. The molecule has 1 aromatic heterocycles. The Morgan fingerprint density at radius 2 is 2.18 bits per heavy atom. The highest BCUT2D eigenvalue weighted by Crippen LogP contribution is 2.29. The van der Waals surface area contributed by atoms with E-state index in [1.165, 1.54) is 5.56 Å². The number of hydrogen-bond acceptors (Lipinski definition) is 4. The second-order valence-electron chi connectivity index (χ2n) is 5.46. The van der Waals surface area contributed by atoms with Crippen molar-refractivity contribution >= 4 is 17.4 Å². The first-order chi connectivity index (χ1) is 10.7. The number of aliphatic hydroxyl groups excluding tert-OH is 1. The smallest absolute Gasteiger partial charge is 0.262 e. The number of carbonyl (C=O) groups excluding carboxylic acids is 1. The predicted molar refractivity (Wildman–Crippen MR) is 86.2 cm³/mol. The molecule has 1 unspecified atom stereocenters. The molecule has 1 atom stereocenters. The molecule has 3 rings (SSSR count). The summed E-state index contributed by atoms with van der Waals surface area (Å²) in [5, 5.41) is 12.3. The third kappa shape index (κ3) is 2.67. The molecule has 1 aliphatic rings. The van der Waals surface area contributed by atoms with Gasteiger partial charge >= 0.3 is 0 Å². The van der Waals surface area contributed by atoms with Crippen LogP contribution in [0.5, 0.6) is 0 Å². The molecule has 2 N–H and O–H groups in total. The zero-order chi connectivity index (χ0) is 15.5. The fourth-order valence-corrected chi connectivity index (χ4v) is 2.67. The number of benzene rings is 1. The highest BCUT2D eigenvalue weighted by Gasteiger charge is 2.27. The standard InChI is InChI=1S/C17H19N3O2/c1-12(11-21)19-16-14(6-4-9-18-16)17(22)20-10-8-13-5-2-3-7-15(13)20/h2-7,9,12,21H,8,10-11H2,1H3,(H,18,19). The monoisotopic (exact) mass is 297 g/mol. The topological polar surface area (TPSA) is 65.5 Å². The molecule has 5 heteroatoms. The highest BCUT2D eigenvalue weighted by atomic mass is 16.3. The van der Waals surface area contributed by atoms with E-state index in [1.54, 1.807) is 23.2 Å². The molecule has 5 nitrogen and oxygen atoms in total. The van der Waals surface area contributed by atoms with Gasteiger partial charge in [0, 0.05) is 24.5 Å². The van der Waals surface area contributed by atoms with Gasteiger partial charge in [0.05, 0.1) is 12.2 Å². The van der Waals surface area contributed by atoms with E-state index in [2.05, 4.69) is 16.4 Å². The summed E-state index contributed by atoms with van der Waals surface area (Å²) < 4.78 is 0. The first-order valence-electron chi connectivity index (χ1n) is 7.43. The Bertz CT molecular complexity index is 687. The number of aromatic nitrogens is 1. The number of nitrogens with one attached hydrogen (secondary N) is 1. The van der Waals surface area contributed by atoms with Crippen LogP contribution < -0.4 is 10.2 Å². The van der Waals surface area contributed by atoms with Crippen LogP contribution in [-0.2, 0) is 6.42 Å². The largest absolute Gasteiger partial charge is 0.394 e. The fraction of sp³-hybridized carbons (Fsp3) is 0.294. The lowest BCUT2D eigenvalue weighted by Gasteiger charge is -2.20. The number of nitrogens with zero attached hydrogens (tertiary/aromatic N) is 2. The second kappa shape index (κ2) is 6.15. The van der Waals surface area contributed by atoms with Crippen molar-refractivity contribution in [3.8, 4) is 0 Å². The third-order valence-corrected chi connectivity index (χ3v) is 3.83. The molecule has 1 amide bonds. The lowest BCUT2D eigenvalue weighted by Crippen LogP contribution is -2.31. The Labute approximate surface area is 129 Å².